The Morgan fingerprint density at radius 2 is 1.71 bits per heavy atom. The number of carbonyl (C=O) groups excluding carboxylic acids is 1. The van der Waals surface area contributed by atoms with E-state index in [0.717, 1.165) is 0 Å². The van der Waals surface area contributed by atoms with E-state index in [-0.39, 0.29) is 29.3 Å². The minimum Gasteiger partial charge on any atom is -0.387 e. The van der Waals surface area contributed by atoms with E-state index in [0.29, 0.717) is 16.1 Å². The van der Waals surface area contributed by atoms with Crippen LogP contribution in [0.2, 0.25) is 5.02 Å². The molecule has 3 aromatic carbocycles. The molecular weight excluding hydrogens is 380 g/mol. The Hall–Kier alpha value is -3.22. The topological polar surface area (TPSA) is 92.5 Å². The van der Waals surface area contributed by atoms with Gasteiger partial charge in [0.15, 0.2) is 5.78 Å². The summed E-state index contributed by atoms with van der Waals surface area (Å²) in [5.41, 5.74) is 1.31. The number of nitrogens with one attached hydrogen (secondary N) is 1. The summed E-state index contributed by atoms with van der Waals surface area (Å²) in [7, 11) is 0. The summed E-state index contributed by atoms with van der Waals surface area (Å²) in [6.45, 7) is 0.0639. The number of nitro groups is 1. The van der Waals surface area contributed by atoms with E-state index in [1.807, 2.05) is 0 Å². The Kier molecular flexibility index (Phi) is 6.03. The van der Waals surface area contributed by atoms with Crippen molar-refractivity contribution in [3.63, 3.8) is 0 Å². The maximum Gasteiger partial charge on any atom is 0.293 e. The molecular formula is C21H17ClN2O4. The average Bonchev–Trinajstić information content (AvgIpc) is 2.72. The van der Waals surface area contributed by atoms with Crippen molar-refractivity contribution in [1.82, 2.24) is 0 Å². The third-order valence-corrected chi connectivity index (χ3v) is 4.49. The molecule has 2 N–H and O–H groups in total. The second-order valence-electron chi connectivity index (χ2n) is 6.13. The van der Waals surface area contributed by atoms with Crippen molar-refractivity contribution < 1.29 is 14.8 Å². The van der Waals surface area contributed by atoms with Crippen LogP contribution < -0.4 is 5.32 Å². The number of halogens is 1. The maximum absolute atomic E-state index is 12.5. The zero-order valence-electron chi connectivity index (χ0n) is 14.7. The molecule has 7 heteroatoms. The van der Waals surface area contributed by atoms with Gasteiger partial charge in [-0.1, -0.05) is 54.1 Å². The van der Waals surface area contributed by atoms with E-state index in [1.54, 1.807) is 54.6 Å². The quantitative estimate of drug-likeness (QED) is 0.345. The first kappa shape index (κ1) is 19.5. The minimum absolute atomic E-state index is 0.0639. The van der Waals surface area contributed by atoms with E-state index < -0.39 is 11.0 Å². The second kappa shape index (κ2) is 8.65. The number of nitro benzene ring substituents is 1. The predicted molar refractivity (Wildman–Crippen MR) is 108 cm³/mol. The molecule has 0 aliphatic heterocycles. The number of hydrogen-bond donors (Lipinski definition) is 2. The number of rotatable bonds is 7. The molecule has 0 aliphatic carbocycles. The van der Waals surface area contributed by atoms with Crippen LogP contribution >= 0.6 is 11.6 Å². The van der Waals surface area contributed by atoms with E-state index in [4.69, 9.17) is 11.6 Å². The van der Waals surface area contributed by atoms with Crippen LogP contribution in [0.25, 0.3) is 0 Å². The first-order chi connectivity index (χ1) is 13.5. The van der Waals surface area contributed by atoms with E-state index in [9.17, 15) is 20.0 Å². The minimum atomic E-state index is -0.873. The second-order valence-corrected chi connectivity index (χ2v) is 6.57. The maximum atomic E-state index is 12.5. The average molecular weight is 397 g/mol. The smallest absolute Gasteiger partial charge is 0.293 e. The third kappa shape index (κ3) is 4.54. The molecule has 0 fully saturated rings. The Bertz CT molecular complexity index is 991. The van der Waals surface area contributed by atoms with Crippen LogP contribution in [0, 0.1) is 10.1 Å². The molecule has 28 heavy (non-hydrogen) atoms. The van der Waals surface area contributed by atoms with Crippen LogP contribution in [0.3, 0.4) is 0 Å². The van der Waals surface area contributed by atoms with Crippen LogP contribution in [0.1, 0.15) is 27.6 Å². The Labute approximate surface area is 166 Å². The lowest BCUT2D eigenvalue weighted by atomic mass is 10.0. The number of hydrogen-bond acceptors (Lipinski definition) is 5. The summed E-state index contributed by atoms with van der Waals surface area (Å²) in [6.07, 6.45) is -0.873. The summed E-state index contributed by atoms with van der Waals surface area (Å²) in [5.74, 6) is -0.295. The van der Waals surface area contributed by atoms with E-state index >= 15 is 0 Å². The molecule has 0 bridgehead atoms. The number of aliphatic hydroxyl groups is 1. The predicted octanol–water partition coefficient (Wildman–Crippen LogP) is 4.62. The van der Waals surface area contributed by atoms with E-state index in [1.165, 1.54) is 18.2 Å². The molecule has 142 valence electrons. The summed E-state index contributed by atoms with van der Waals surface area (Å²) < 4.78 is 0. The largest absolute Gasteiger partial charge is 0.387 e. The number of carbonyl (C=O) groups is 1. The third-order valence-electron chi connectivity index (χ3n) is 4.23. The fourth-order valence-corrected chi connectivity index (χ4v) is 2.87. The van der Waals surface area contributed by atoms with Crippen molar-refractivity contribution in [2.45, 2.75) is 6.10 Å². The van der Waals surface area contributed by atoms with Crippen LogP contribution in [0.4, 0.5) is 11.4 Å². The van der Waals surface area contributed by atoms with Crippen LogP contribution in [-0.2, 0) is 0 Å². The molecule has 0 amide bonds. The van der Waals surface area contributed by atoms with Crippen LogP contribution in [0.5, 0.6) is 0 Å². The lowest BCUT2D eigenvalue weighted by molar-refractivity contribution is -0.384. The number of benzene rings is 3. The molecule has 0 aromatic heterocycles. The van der Waals surface area contributed by atoms with Crippen molar-refractivity contribution in [2.24, 2.45) is 0 Å². The molecule has 3 rings (SSSR count). The number of nitrogens with zero attached hydrogens (tertiary/aromatic N) is 1. The first-order valence-electron chi connectivity index (χ1n) is 8.51. The standard InChI is InChI=1S/C21H17ClN2O4/c22-17-9-6-14(7-10-17)20(25)13-23-18-11-8-16(12-19(18)24(27)28)21(26)15-4-2-1-3-5-15/h1-12,20,23,25H,13H2/t20-/m0/s1. The van der Waals surface area contributed by atoms with Crippen molar-refractivity contribution in [2.75, 3.05) is 11.9 Å². The zero-order chi connectivity index (χ0) is 20.1. The molecule has 0 spiro atoms. The molecule has 0 unspecified atom stereocenters. The number of anilines is 1. The summed E-state index contributed by atoms with van der Waals surface area (Å²) in [6, 6.07) is 19.5. The summed E-state index contributed by atoms with van der Waals surface area (Å²) in [4.78, 5) is 23.4. The SMILES string of the molecule is O=C(c1ccccc1)c1ccc(NC[C@H](O)c2ccc(Cl)cc2)c([N+](=O)[O-])c1. The summed E-state index contributed by atoms with van der Waals surface area (Å²) in [5, 5.41) is 25.2. The van der Waals surface area contributed by atoms with Crippen molar-refractivity contribution >= 4 is 28.8 Å². The molecule has 0 saturated carbocycles. The van der Waals surface area contributed by atoms with Gasteiger partial charge in [0.2, 0.25) is 0 Å². The molecule has 0 aliphatic rings. The van der Waals surface area contributed by atoms with Gasteiger partial charge in [0.25, 0.3) is 5.69 Å². The zero-order valence-corrected chi connectivity index (χ0v) is 15.5. The Morgan fingerprint density at radius 1 is 1.04 bits per heavy atom. The molecule has 1 atom stereocenters. The van der Waals surface area contributed by atoms with Gasteiger partial charge in [-0.05, 0) is 29.8 Å². The van der Waals surface area contributed by atoms with Gasteiger partial charge in [-0.15, -0.1) is 0 Å². The fourth-order valence-electron chi connectivity index (χ4n) is 2.74. The molecule has 3 aromatic rings. The first-order valence-corrected chi connectivity index (χ1v) is 8.89. The van der Waals surface area contributed by atoms with Gasteiger partial charge in [-0.3, -0.25) is 14.9 Å². The van der Waals surface area contributed by atoms with Gasteiger partial charge in [0.1, 0.15) is 5.69 Å². The molecule has 0 radical (unpaired) electrons. The summed E-state index contributed by atoms with van der Waals surface area (Å²) >= 11 is 5.83. The lowest BCUT2D eigenvalue weighted by Gasteiger charge is -2.14. The highest BCUT2D eigenvalue weighted by atomic mass is 35.5. The van der Waals surface area contributed by atoms with Gasteiger partial charge in [-0.2, -0.15) is 0 Å². The lowest BCUT2D eigenvalue weighted by Crippen LogP contribution is -2.13. The monoisotopic (exact) mass is 396 g/mol. The van der Waals surface area contributed by atoms with Gasteiger partial charge in [0.05, 0.1) is 11.0 Å². The Morgan fingerprint density at radius 3 is 2.36 bits per heavy atom. The molecule has 6 nitrogen and oxygen atoms in total. The highest BCUT2D eigenvalue weighted by molar-refractivity contribution is 6.30. The highest BCUT2D eigenvalue weighted by Crippen LogP contribution is 2.28. The molecule has 0 saturated heterocycles. The fraction of sp³-hybridized carbons (Fsp3) is 0.0952. The van der Waals surface area contributed by atoms with Gasteiger partial charge in [0, 0.05) is 28.8 Å². The van der Waals surface area contributed by atoms with Crippen LogP contribution in [-0.4, -0.2) is 22.4 Å². The van der Waals surface area contributed by atoms with Gasteiger partial charge in [-0.25, -0.2) is 0 Å². The number of ketones is 1. The Balaban J connectivity index is 1.79. The van der Waals surface area contributed by atoms with Crippen LogP contribution in [0.15, 0.2) is 72.8 Å². The van der Waals surface area contributed by atoms with Gasteiger partial charge < -0.3 is 10.4 Å². The van der Waals surface area contributed by atoms with E-state index in [2.05, 4.69) is 5.32 Å². The highest BCUT2D eigenvalue weighted by Gasteiger charge is 2.19. The molecule has 0 heterocycles. The normalized spacial score (nSPS) is 11.6. The van der Waals surface area contributed by atoms with Crippen molar-refractivity contribution in [3.8, 4) is 0 Å². The van der Waals surface area contributed by atoms with Crippen molar-refractivity contribution in [1.29, 1.82) is 0 Å². The van der Waals surface area contributed by atoms with Gasteiger partial charge >= 0.3 is 0 Å². The number of aliphatic hydroxyl groups excluding tert-OH is 1. The van der Waals surface area contributed by atoms with Crippen molar-refractivity contribution in [3.05, 3.63) is 105 Å².